The molecule has 2 heterocycles. The number of aromatic amines is 1. The van der Waals surface area contributed by atoms with Crippen molar-refractivity contribution in [2.45, 2.75) is 6.54 Å². The van der Waals surface area contributed by atoms with Gasteiger partial charge in [-0.15, -0.1) is 0 Å². The maximum atomic E-state index is 10.6. The Morgan fingerprint density at radius 1 is 1.47 bits per heavy atom. The number of nitrogens with one attached hydrogen (secondary N) is 1. The smallest absolute Gasteiger partial charge is 0.317 e. The Morgan fingerprint density at radius 3 is 2.95 bits per heavy atom. The van der Waals surface area contributed by atoms with Crippen LogP contribution in [0.1, 0.15) is 5.82 Å². The van der Waals surface area contributed by atoms with Crippen LogP contribution in [-0.4, -0.2) is 46.3 Å². The normalized spacial score (nSPS) is 13.4. The summed E-state index contributed by atoms with van der Waals surface area (Å²) in [4.78, 5) is 19.8. The first-order valence-corrected chi connectivity index (χ1v) is 5.80. The summed E-state index contributed by atoms with van der Waals surface area (Å²) in [6.45, 7) is 0.642. The van der Waals surface area contributed by atoms with Crippen LogP contribution in [-0.2, 0) is 11.3 Å². The van der Waals surface area contributed by atoms with Gasteiger partial charge in [0, 0.05) is 12.1 Å². The van der Waals surface area contributed by atoms with Gasteiger partial charge in [0.25, 0.3) is 0 Å². The van der Waals surface area contributed by atoms with Crippen molar-refractivity contribution >= 4 is 17.0 Å². The maximum Gasteiger partial charge on any atom is 0.317 e. The summed E-state index contributed by atoms with van der Waals surface area (Å²) in [5.41, 5.74) is 1.63. The molecule has 1 aliphatic rings. The number of carboxylic acid groups (broad SMARTS) is 1. The van der Waals surface area contributed by atoms with Crippen LogP contribution in [0.2, 0.25) is 0 Å². The Labute approximate surface area is 108 Å². The van der Waals surface area contributed by atoms with Crippen LogP contribution < -0.4 is 9.47 Å². The number of H-pyrrole nitrogens is 1. The number of fused-ring (bicyclic) bond motifs is 2. The van der Waals surface area contributed by atoms with E-state index in [-0.39, 0.29) is 13.3 Å². The summed E-state index contributed by atoms with van der Waals surface area (Å²) in [5, 5.41) is 8.71. The van der Waals surface area contributed by atoms with Crippen LogP contribution in [0, 0.1) is 0 Å². The monoisotopic (exact) mass is 263 g/mol. The number of carboxylic acids is 1. The number of hydrogen-bond donors (Lipinski definition) is 2. The van der Waals surface area contributed by atoms with Crippen molar-refractivity contribution in [3.8, 4) is 11.5 Å². The fraction of sp³-hybridized carbons (Fsp3) is 0.333. The summed E-state index contributed by atoms with van der Waals surface area (Å²) in [7, 11) is 1.73. The zero-order chi connectivity index (χ0) is 13.4. The highest BCUT2D eigenvalue weighted by Gasteiger charge is 2.16. The van der Waals surface area contributed by atoms with E-state index in [0.717, 1.165) is 11.0 Å². The van der Waals surface area contributed by atoms with Gasteiger partial charge in [0.15, 0.2) is 11.5 Å². The lowest BCUT2D eigenvalue weighted by atomic mass is 10.3. The van der Waals surface area contributed by atoms with Gasteiger partial charge in [-0.25, -0.2) is 4.98 Å². The number of hydrogen-bond acceptors (Lipinski definition) is 5. The number of imidazole rings is 1. The quantitative estimate of drug-likeness (QED) is 0.848. The molecule has 0 aliphatic carbocycles. The first-order valence-electron chi connectivity index (χ1n) is 5.80. The van der Waals surface area contributed by atoms with Crippen molar-refractivity contribution in [1.29, 1.82) is 0 Å². The van der Waals surface area contributed by atoms with Crippen molar-refractivity contribution in [1.82, 2.24) is 14.9 Å². The summed E-state index contributed by atoms with van der Waals surface area (Å²) >= 11 is 0. The number of aliphatic carboxylic acids is 1. The molecular formula is C12H13N3O4. The molecule has 0 radical (unpaired) electrons. The molecule has 100 valence electrons. The number of nitrogens with zero attached hydrogens (tertiary/aromatic N) is 2. The summed E-state index contributed by atoms with van der Waals surface area (Å²) in [5.74, 6) is 1.23. The summed E-state index contributed by atoms with van der Waals surface area (Å²) < 4.78 is 10.6. The molecule has 0 amide bonds. The molecule has 0 saturated heterocycles. The lowest BCUT2D eigenvalue weighted by molar-refractivity contribution is -0.138. The molecule has 7 heteroatoms. The van der Waals surface area contributed by atoms with Gasteiger partial charge < -0.3 is 19.6 Å². The third-order valence-electron chi connectivity index (χ3n) is 2.85. The molecule has 7 nitrogen and oxygen atoms in total. The van der Waals surface area contributed by atoms with Gasteiger partial charge in [-0.05, 0) is 7.05 Å². The molecule has 1 aromatic carbocycles. The fourth-order valence-corrected chi connectivity index (χ4v) is 2.07. The zero-order valence-electron chi connectivity index (χ0n) is 10.3. The average molecular weight is 263 g/mol. The number of likely N-dealkylation sites (N-methyl/N-ethyl adjacent to an activating group) is 1. The van der Waals surface area contributed by atoms with Gasteiger partial charge in [-0.1, -0.05) is 0 Å². The molecule has 0 bridgehead atoms. The minimum absolute atomic E-state index is 0.0280. The molecule has 0 spiro atoms. The van der Waals surface area contributed by atoms with Crippen LogP contribution in [0.5, 0.6) is 11.5 Å². The molecule has 1 aliphatic heterocycles. The third kappa shape index (κ3) is 2.32. The Balaban J connectivity index is 1.84. The number of benzene rings is 1. The van der Waals surface area contributed by atoms with E-state index in [1.807, 2.05) is 12.1 Å². The molecule has 0 saturated carbocycles. The van der Waals surface area contributed by atoms with Gasteiger partial charge in [0.2, 0.25) is 6.79 Å². The average Bonchev–Trinajstić information content (AvgIpc) is 2.88. The van der Waals surface area contributed by atoms with E-state index in [1.54, 1.807) is 11.9 Å². The van der Waals surface area contributed by atoms with Gasteiger partial charge >= 0.3 is 5.97 Å². The van der Waals surface area contributed by atoms with Gasteiger partial charge in [0.1, 0.15) is 5.82 Å². The van der Waals surface area contributed by atoms with Crippen molar-refractivity contribution < 1.29 is 19.4 Å². The number of aromatic nitrogens is 2. The highest BCUT2D eigenvalue weighted by Crippen LogP contribution is 2.35. The van der Waals surface area contributed by atoms with Crippen LogP contribution in [0.15, 0.2) is 12.1 Å². The Hall–Kier alpha value is -2.28. The minimum atomic E-state index is -0.862. The van der Waals surface area contributed by atoms with Gasteiger partial charge in [-0.3, -0.25) is 9.69 Å². The van der Waals surface area contributed by atoms with E-state index in [9.17, 15) is 4.79 Å². The number of ether oxygens (including phenoxy) is 2. The molecule has 0 unspecified atom stereocenters. The van der Waals surface area contributed by atoms with Crippen molar-refractivity contribution in [2.75, 3.05) is 20.4 Å². The van der Waals surface area contributed by atoms with E-state index in [1.165, 1.54) is 0 Å². The first kappa shape index (κ1) is 11.8. The Kier molecular flexibility index (Phi) is 2.75. The number of rotatable bonds is 4. The second-order valence-electron chi connectivity index (χ2n) is 4.47. The van der Waals surface area contributed by atoms with Crippen LogP contribution in [0.4, 0.5) is 0 Å². The van der Waals surface area contributed by atoms with E-state index < -0.39 is 5.97 Å². The first-order chi connectivity index (χ1) is 9.11. The second kappa shape index (κ2) is 4.43. The molecule has 2 aromatic rings. The van der Waals surface area contributed by atoms with Crippen LogP contribution >= 0.6 is 0 Å². The Morgan fingerprint density at radius 2 is 2.21 bits per heavy atom. The molecule has 1 aromatic heterocycles. The minimum Gasteiger partial charge on any atom is -0.480 e. The second-order valence-corrected chi connectivity index (χ2v) is 4.47. The maximum absolute atomic E-state index is 10.6. The van der Waals surface area contributed by atoms with E-state index in [4.69, 9.17) is 14.6 Å². The molecule has 0 fully saturated rings. The van der Waals surface area contributed by atoms with E-state index in [2.05, 4.69) is 9.97 Å². The molecule has 19 heavy (non-hydrogen) atoms. The standard InChI is InChI=1S/C12H13N3O4/c1-15(5-12(16)17)4-11-13-7-2-9-10(19-6-18-9)3-8(7)14-11/h2-3H,4-6H2,1H3,(H,13,14)(H,16,17). The highest BCUT2D eigenvalue weighted by atomic mass is 16.7. The summed E-state index contributed by atoms with van der Waals surface area (Å²) in [6.07, 6.45) is 0. The molecule has 3 rings (SSSR count). The third-order valence-corrected chi connectivity index (χ3v) is 2.85. The molecule has 0 atom stereocenters. The van der Waals surface area contributed by atoms with Crippen molar-refractivity contribution in [3.63, 3.8) is 0 Å². The zero-order valence-corrected chi connectivity index (χ0v) is 10.3. The largest absolute Gasteiger partial charge is 0.480 e. The topological polar surface area (TPSA) is 87.7 Å². The predicted octanol–water partition coefficient (Wildman–Crippen LogP) is 0.808. The lowest BCUT2D eigenvalue weighted by Crippen LogP contribution is -2.25. The lowest BCUT2D eigenvalue weighted by Gasteiger charge is -2.11. The Bertz CT molecular complexity index is 596. The SMILES string of the molecule is CN(CC(=O)O)Cc1nc2cc3c(cc2[nH]1)OCO3. The highest BCUT2D eigenvalue weighted by molar-refractivity contribution is 5.80. The van der Waals surface area contributed by atoms with Crippen molar-refractivity contribution in [2.24, 2.45) is 0 Å². The van der Waals surface area contributed by atoms with Crippen LogP contribution in [0.25, 0.3) is 11.0 Å². The fourth-order valence-electron chi connectivity index (χ4n) is 2.07. The summed E-state index contributed by atoms with van der Waals surface area (Å²) in [6, 6.07) is 3.65. The molecular weight excluding hydrogens is 250 g/mol. The van der Waals surface area contributed by atoms with E-state index in [0.29, 0.717) is 23.9 Å². The van der Waals surface area contributed by atoms with Crippen LogP contribution in [0.3, 0.4) is 0 Å². The molecule has 2 N–H and O–H groups in total. The van der Waals surface area contributed by atoms with Gasteiger partial charge in [-0.2, -0.15) is 0 Å². The van der Waals surface area contributed by atoms with Crippen molar-refractivity contribution in [3.05, 3.63) is 18.0 Å². The van der Waals surface area contributed by atoms with E-state index >= 15 is 0 Å². The van der Waals surface area contributed by atoms with Gasteiger partial charge in [0.05, 0.1) is 24.1 Å². The number of carbonyl (C=O) groups is 1. The predicted molar refractivity (Wildman–Crippen MR) is 66.2 cm³/mol.